The molecule has 1 atom stereocenters. The molecule has 3 nitrogen and oxygen atoms in total. The van der Waals surface area contributed by atoms with Gasteiger partial charge in [-0.1, -0.05) is 17.7 Å². The molecule has 0 radical (unpaired) electrons. The molecule has 0 saturated heterocycles. The van der Waals surface area contributed by atoms with Crippen molar-refractivity contribution in [3.63, 3.8) is 0 Å². The molecule has 1 unspecified atom stereocenters. The van der Waals surface area contributed by atoms with Crippen molar-refractivity contribution in [1.29, 1.82) is 0 Å². The van der Waals surface area contributed by atoms with Crippen LogP contribution in [-0.4, -0.2) is 4.98 Å². The molecule has 96 valence electrons. The molecule has 1 aromatic carbocycles. The standard InChI is InChI=1S/C12H13ClFN3S/c1-6-12(18-7(2)16-6)11(17-15)9-4-3-8(13)5-10(9)14/h3-5,11,17H,15H2,1-2H3. The monoisotopic (exact) mass is 285 g/mol. The van der Waals surface area contributed by atoms with Crippen LogP contribution in [0.3, 0.4) is 0 Å². The molecule has 0 bridgehead atoms. The highest BCUT2D eigenvalue weighted by atomic mass is 35.5. The Labute approximate surface area is 114 Å². The second-order valence-corrected chi connectivity index (χ2v) is 5.62. The first-order valence-corrected chi connectivity index (χ1v) is 6.57. The van der Waals surface area contributed by atoms with E-state index in [1.165, 1.54) is 17.4 Å². The molecule has 2 rings (SSSR count). The fraction of sp³-hybridized carbons (Fsp3) is 0.250. The first-order chi connectivity index (χ1) is 8.52. The molecule has 0 spiro atoms. The number of thiazole rings is 1. The Bertz CT molecular complexity index is 570. The van der Waals surface area contributed by atoms with Crippen LogP contribution in [0.2, 0.25) is 5.02 Å². The van der Waals surface area contributed by atoms with E-state index in [0.29, 0.717) is 10.6 Å². The minimum Gasteiger partial charge on any atom is -0.271 e. The number of benzene rings is 1. The summed E-state index contributed by atoms with van der Waals surface area (Å²) in [6.07, 6.45) is 0. The van der Waals surface area contributed by atoms with Crippen LogP contribution in [0, 0.1) is 19.7 Å². The largest absolute Gasteiger partial charge is 0.271 e. The normalized spacial score (nSPS) is 12.7. The van der Waals surface area contributed by atoms with E-state index in [9.17, 15) is 4.39 Å². The van der Waals surface area contributed by atoms with E-state index >= 15 is 0 Å². The van der Waals surface area contributed by atoms with Crippen molar-refractivity contribution in [2.24, 2.45) is 5.84 Å². The number of aromatic nitrogens is 1. The van der Waals surface area contributed by atoms with Crippen molar-refractivity contribution in [3.8, 4) is 0 Å². The number of hydrazine groups is 1. The predicted octanol–water partition coefficient (Wildman–Crippen LogP) is 3.11. The quantitative estimate of drug-likeness (QED) is 0.673. The summed E-state index contributed by atoms with van der Waals surface area (Å²) in [5, 5.41) is 1.29. The molecule has 6 heteroatoms. The number of hydrogen-bond donors (Lipinski definition) is 2. The van der Waals surface area contributed by atoms with Crippen molar-refractivity contribution in [2.45, 2.75) is 19.9 Å². The van der Waals surface area contributed by atoms with Crippen molar-refractivity contribution in [2.75, 3.05) is 0 Å². The summed E-state index contributed by atoms with van der Waals surface area (Å²) in [6, 6.07) is 4.16. The van der Waals surface area contributed by atoms with Gasteiger partial charge >= 0.3 is 0 Å². The molecular formula is C12H13ClFN3S. The van der Waals surface area contributed by atoms with Crippen molar-refractivity contribution < 1.29 is 4.39 Å². The maximum atomic E-state index is 13.9. The highest BCUT2D eigenvalue weighted by Gasteiger charge is 2.21. The molecule has 0 aliphatic heterocycles. The summed E-state index contributed by atoms with van der Waals surface area (Å²) in [5.74, 6) is 5.17. The fourth-order valence-electron chi connectivity index (χ4n) is 1.86. The molecule has 1 heterocycles. The lowest BCUT2D eigenvalue weighted by atomic mass is 10.0. The smallest absolute Gasteiger partial charge is 0.129 e. The maximum Gasteiger partial charge on any atom is 0.129 e. The molecule has 0 aliphatic rings. The number of halogens is 2. The highest BCUT2D eigenvalue weighted by molar-refractivity contribution is 7.11. The first-order valence-electron chi connectivity index (χ1n) is 5.38. The van der Waals surface area contributed by atoms with Crippen molar-refractivity contribution in [1.82, 2.24) is 10.4 Å². The van der Waals surface area contributed by atoms with Crippen LogP contribution in [-0.2, 0) is 0 Å². The SMILES string of the molecule is Cc1nc(C)c(C(NN)c2ccc(Cl)cc2F)s1. The van der Waals surface area contributed by atoms with Crippen LogP contribution in [0.4, 0.5) is 4.39 Å². The van der Waals surface area contributed by atoms with Gasteiger partial charge in [0.05, 0.1) is 21.6 Å². The lowest BCUT2D eigenvalue weighted by Crippen LogP contribution is -2.29. The van der Waals surface area contributed by atoms with Gasteiger partial charge in [0.2, 0.25) is 0 Å². The van der Waals surface area contributed by atoms with Gasteiger partial charge in [-0.3, -0.25) is 5.84 Å². The Morgan fingerprint density at radius 2 is 2.17 bits per heavy atom. The molecule has 2 aromatic rings. The summed E-state index contributed by atoms with van der Waals surface area (Å²) in [4.78, 5) is 5.24. The Hall–Kier alpha value is -1.01. The number of nitrogens with two attached hydrogens (primary N) is 1. The third kappa shape index (κ3) is 2.54. The Kier molecular flexibility index (Phi) is 3.97. The van der Waals surface area contributed by atoms with Crippen LogP contribution in [0.15, 0.2) is 18.2 Å². The number of hydrogen-bond acceptors (Lipinski definition) is 4. The lowest BCUT2D eigenvalue weighted by molar-refractivity contribution is 0.562. The minimum absolute atomic E-state index is 0.365. The second kappa shape index (κ2) is 5.32. The zero-order valence-corrected chi connectivity index (χ0v) is 11.6. The third-order valence-corrected chi connectivity index (χ3v) is 4.01. The van der Waals surface area contributed by atoms with Gasteiger partial charge in [-0.2, -0.15) is 0 Å². The lowest BCUT2D eigenvalue weighted by Gasteiger charge is -2.16. The van der Waals surface area contributed by atoms with Gasteiger partial charge in [0, 0.05) is 10.6 Å². The molecule has 0 saturated carbocycles. The number of aryl methyl sites for hydroxylation is 2. The maximum absolute atomic E-state index is 13.9. The average Bonchev–Trinajstić information content (AvgIpc) is 2.62. The van der Waals surface area contributed by atoms with Gasteiger partial charge in [-0.25, -0.2) is 14.8 Å². The summed E-state index contributed by atoms with van der Waals surface area (Å²) in [7, 11) is 0. The van der Waals surface area contributed by atoms with Gasteiger partial charge in [-0.05, 0) is 26.0 Å². The molecule has 3 N–H and O–H groups in total. The second-order valence-electron chi connectivity index (χ2n) is 3.95. The number of nitrogens with one attached hydrogen (secondary N) is 1. The Morgan fingerprint density at radius 3 is 2.67 bits per heavy atom. The summed E-state index contributed by atoms with van der Waals surface area (Å²) in [6.45, 7) is 3.80. The van der Waals surface area contributed by atoms with Gasteiger partial charge in [0.1, 0.15) is 5.82 Å². The van der Waals surface area contributed by atoms with Gasteiger partial charge in [0.25, 0.3) is 0 Å². The van der Waals surface area contributed by atoms with Crippen molar-refractivity contribution >= 4 is 22.9 Å². The zero-order chi connectivity index (χ0) is 13.3. The topological polar surface area (TPSA) is 50.9 Å². The molecule has 0 aliphatic carbocycles. The number of nitrogens with zero attached hydrogens (tertiary/aromatic N) is 1. The van der Waals surface area contributed by atoms with E-state index < -0.39 is 6.04 Å². The fourth-order valence-corrected chi connectivity index (χ4v) is 3.02. The van der Waals surface area contributed by atoms with Crippen LogP contribution in [0.5, 0.6) is 0 Å². The Morgan fingerprint density at radius 1 is 1.44 bits per heavy atom. The van der Waals surface area contributed by atoms with E-state index in [-0.39, 0.29) is 5.82 Å². The summed E-state index contributed by atoms with van der Waals surface area (Å²) >= 11 is 7.25. The number of rotatable bonds is 3. The van der Waals surface area contributed by atoms with E-state index in [4.69, 9.17) is 17.4 Å². The van der Waals surface area contributed by atoms with Crippen LogP contribution < -0.4 is 11.3 Å². The van der Waals surface area contributed by atoms with Gasteiger partial charge in [0.15, 0.2) is 0 Å². The third-order valence-electron chi connectivity index (χ3n) is 2.64. The molecule has 0 fully saturated rings. The Balaban J connectivity index is 2.48. The summed E-state index contributed by atoms with van der Waals surface area (Å²) in [5.41, 5.74) is 3.96. The van der Waals surface area contributed by atoms with Crippen molar-refractivity contribution in [3.05, 3.63) is 50.2 Å². The van der Waals surface area contributed by atoms with E-state index in [1.807, 2.05) is 13.8 Å². The van der Waals surface area contributed by atoms with E-state index in [2.05, 4.69) is 10.4 Å². The molecule has 18 heavy (non-hydrogen) atoms. The van der Waals surface area contributed by atoms with Crippen LogP contribution in [0.25, 0.3) is 0 Å². The van der Waals surface area contributed by atoms with Gasteiger partial charge in [-0.15, -0.1) is 11.3 Å². The molecule has 0 amide bonds. The van der Waals surface area contributed by atoms with E-state index in [0.717, 1.165) is 15.6 Å². The first kappa shape index (κ1) is 13.4. The molecule has 1 aromatic heterocycles. The average molecular weight is 286 g/mol. The minimum atomic E-state index is -0.409. The predicted molar refractivity (Wildman–Crippen MR) is 72.2 cm³/mol. The van der Waals surface area contributed by atoms with E-state index in [1.54, 1.807) is 12.1 Å². The highest BCUT2D eigenvalue weighted by Crippen LogP contribution is 2.31. The van der Waals surface area contributed by atoms with Crippen LogP contribution >= 0.6 is 22.9 Å². The zero-order valence-electron chi connectivity index (χ0n) is 10.00. The summed E-state index contributed by atoms with van der Waals surface area (Å²) < 4.78 is 13.9. The molecular weight excluding hydrogens is 273 g/mol. The van der Waals surface area contributed by atoms with Crippen LogP contribution in [0.1, 0.15) is 27.2 Å². The van der Waals surface area contributed by atoms with Gasteiger partial charge < -0.3 is 0 Å².